The van der Waals surface area contributed by atoms with E-state index in [1.165, 1.54) is 12.4 Å². The van der Waals surface area contributed by atoms with Gasteiger partial charge in [-0.05, 0) is 13.5 Å². The van der Waals surface area contributed by atoms with E-state index in [1.54, 1.807) is 17.1 Å². The lowest BCUT2D eigenvalue weighted by Gasteiger charge is -2.04. The van der Waals surface area contributed by atoms with Crippen LogP contribution in [0.3, 0.4) is 0 Å². The van der Waals surface area contributed by atoms with E-state index in [1.807, 2.05) is 7.05 Å². The molecular weight excluding hydrogens is 292 g/mol. The van der Waals surface area contributed by atoms with Crippen LogP contribution in [0.5, 0.6) is 0 Å². The van der Waals surface area contributed by atoms with Crippen molar-refractivity contribution in [3.63, 3.8) is 0 Å². The number of hydrogen-bond donors (Lipinski definition) is 3. The minimum atomic E-state index is -3.49. The third-order valence-corrected chi connectivity index (χ3v) is 4.36. The molecule has 2 heterocycles. The van der Waals surface area contributed by atoms with Gasteiger partial charge in [-0.15, -0.1) is 0 Å². The highest BCUT2D eigenvalue weighted by molar-refractivity contribution is 7.89. The van der Waals surface area contributed by atoms with Gasteiger partial charge < -0.3 is 10.3 Å². The van der Waals surface area contributed by atoms with E-state index in [4.69, 9.17) is 0 Å². The monoisotopic (exact) mass is 312 g/mol. The van der Waals surface area contributed by atoms with Crippen molar-refractivity contribution in [1.29, 1.82) is 0 Å². The maximum absolute atomic E-state index is 12.1. The van der Waals surface area contributed by atoms with Crippen molar-refractivity contribution < 1.29 is 8.42 Å². The molecule has 3 N–H and O–H groups in total. The van der Waals surface area contributed by atoms with Crippen molar-refractivity contribution in [2.75, 3.05) is 20.1 Å². The second-order valence-corrected chi connectivity index (χ2v) is 6.35. The zero-order valence-corrected chi connectivity index (χ0v) is 12.7. The van der Waals surface area contributed by atoms with Gasteiger partial charge in [-0.3, -0.25) is 4.68 Å². The number of aryl methyl sites for hydroxylation is 1. The number of imidazole rings is 1. The Labute approximate surface area is 124 Å². The average Bonchev–Trinajstić information content (AvgIpc) is 3.13. The maximum atomic E-state index is 12.1. The van der Waals surface area contributed by atoms with E-state index in [-0.39, 0.29) is 4.90 Å². The van der Waals surface area contributed by atoms with Crippen molar-refractivity contribution in [3.8, 4) is 0 Å². The van der Waals surface area contributed by atoms with Crippen LogP contribution in [-0.2, 0) is 23.0 Å². The van der Waals surface area contributed by atoms with E-state index in [9.17, 15) is 8.42 Å². The summed E-state index contributed by atoms with van der Waals surface area (Å²) in [5.41, 5.74) is 0. The summed E-state index contributed by atoms with van der Waals surface area (Å²) in [6.07, 6.45) is 7.71. The fourth-order valence-corrected chi connectivity index (χ4v) is 2.84. The number of nitrogens with one attached hydrogen (secondary N) is 3. The zero-order chi connectivity index (χ0) is 15.1. The van der Waals surface area contributed by atoms with Crippen molar-refractivity contribution in [3.05, 3.63) is 30.6 Å². The van der Waals surface area contributed by atoms with Crippen LogP contribution in [0, 0.1) is 0 Å². The van der Waals surface area contributed by atoms with Crippen LogP contribution in [-0.4, -0.2) is 48.3 Å². The summed E-state index contributed by atoms with van der Waals surface area (Å²) < 4.78 is 28.3. The quantitative estimate of drug-likeness (QED) is 0.553. The largest absolute Gasteiger partial charge is 0.349 e. The van der Waals surface area contributed by atoms with Gasteiger partial charge in [0.1, 0.15) is 10.7 Å². The third-order valence-electron chi connectivity index (χ3n) is 2.95. The van der Waals surface area contributed by atoms with E-state index < -0.39 is 10.0 Å². The summed E-state index contributed by atoms with van der Waals surface area (Å²) in [5.74, 6) is 0.856. The highest BCUT2D eigenvalue weighted by Crippen LogP contribution is 2.07. The van der Waals surface area contributed by atoms with E-state index in [0.29, 0.717) is 25.9 Å². The predicted molar refractivity (Wildman–Crippen MR) is 78.3 cm³/mol. The summed E-state index contributed by atoms with van der Waals surface area (Å²) in [6, 6.07) is 0. The van der Waals surface area contributed by atoms with Crippen LogP contribution in [0.2, 0.25) is 0 Å². The molecule has 0 aromatic carbocycles. The van der Waals surface area contributed by atoms with Crippen molar-refractivity contribution in [2.45, 2.75) is 24.3 Å². The molecule has 0 spiro atoms. The van der Waals surface area contributed by atoms with Crippen LogP contribution in [0.1, 0.15) is 12.2 Å². The van der Waals surface area contributed by atoms with Gasteiger partial charge in [-0.2, -0.15) is 5.10 Å². The van der Waals surface area contributed by atoms with Crippen LogP contribution in [0.4, 0.5) is 0 Å². The van der Waals surface area contributed by atoms with Gasteiger partial charge in [0.25, 0.3) is 0 Å². The summed E-state index contributed by atoms with van der Waals surface area (Å²) in [6.45, 7) is 1.73. The molecule has 0 bridgehead atoms. The Hall–Kier alpha value is -1.71. The second-order valence-electron chi connectivity index (χ2n) is 4.58. The van der Waals surface area contributed by atoms with E-state index in [2.05, 4.69) is 25.1 Å². The molecule has 8 nitrogen and oxygen atoms in total. The molecule has 0 radical (unpaired) electrons. The van der Waals surface area contributed by atoms with Crippen LogP contribution in [0.25, 0.3) is 0 Å². The fourth-order valence-electron chi connectivity index (χ4n) is 1.81. The first-order valence-electron chi connectivity index (χ1n) is 6.77. The Kier molecular flexibility index (Phi) is 5.48. The molecule has 0 unspecified atom stereocenters. The molecule has 2 aromatic heterocycles. The summed E-state index contributed by atoms with van der Waals surface area (Å²) >= 11 is 0. The molecule has 0 aliphatic rings. The van der Waals surface area contributed by atoms with Gasteiger partial charge in [-0.1, -0.05) is 0 Å². The molecule has 21 heavy (non-hydrogen) atoms. The number of aromatic nitrogens is 4. The lowest BCUT2D eigenvalue weighted by atomic mass is 10.3. The number of nitrogens with zero attached hydrogens (tertiary/aromatic N) is 3. The van der Waals surface area contributed by atoms with Gasteiger partial charge >= 0.3 is 0 Å². The topological polar surface area (TPSA) is 105 Å². The first kappa shape index (κ1) is 15.7. The minimum Gasteiger partial charge on any atom is -0.349 e. The summed E-state index contributed by atoms with van der Waals surface area (Å²) in [7, 11) is -1.65. The molecule has 116 valence electrons. The predicted octanol–water partition coefficient (Wildman–Crippen LogP) is -0.263. The molecule has 0 atom stereocenters. The lowest BCUT2D eigenvalue weighted by Crippen LogP contribution is -2.25. The number of rotatable bonds is 9. The number of H-pyrrole nitrogens is 1. The molecule has 0 saturated carbocycles. The molecule has 0 saturated heterocycles. The Morgan fingerprint density at radius 2 is 2.24 bits per heavy atom. The van der Waals surface area contributed by atoms with E-state index >= 15 is 0 Å². The van der Waals surface area contributed by atoms with Crippen LogP contribution < -0.4 is 10.0 Å². The molecule has 0 amide bonds. The van der Waals surface area contributed by atoms with Gasteiger partial charge in [0, 0.05) is 38.1 Å². The smallest absolute Gasteiger partial charge is 0.243 e. The highest BCUT2D eigenvalue weighted by Gasteiger charge is 2.15. The first-order chi connectivity index (χ1) is 10.1. The summed E-state index contributed by atoms with van der Waals surface area (Å²) in [4.78, 5) is 7.26. The molecule has 2 rings (SSSR count). The molecule has 2 aromatic rings. The Bertz CT molecular complexity index is 635. The van der Waals surface area contributed by atoms with E-state index in [0.717, 1.165) is 12.4 Å². The molecule has 0 aliphatic heterocycles. The molecule has 0 aliphatic carbocycles. The number of aromatic amines is 1. The van der Waals surface area contributed by atoms with Gasteiger partial charge in [0.2, 0.25) is 10.0 Å². The zero-order valence-electron chi connectivity index (χ0n) is 11.9. The number of sulfonamides is 1. The highest BCUT2D eigenvalue weighted by atomic mass is 32.2. The normalized spacial score (nSPS) is 11.9. The Morgan fingerprint density at radius 1 is 1.38 bits per heavy atom. The fraction of sp³-hybridized carbons (Fsp3) is 0.500. The van der Waals surface area contributed by atoms with Gasteiger partial charge in [0.05, 0.1) is 12.7 Å². The van der Waals surface area contributed by atoms with Crippen molar-refractivity contribution >= 4 is 10.0 Å². The minimum absolute atomic E-state index is 0.191. The van der Waals surface area contributed by atoms with Crippen molar-refractivity contribution in [2.24, 2.45) is 0 Å². The van der Waals surface area contributed by atoms with Crippen LogP contribution in [0.15, 0.2) is 29.7 Å². The number of hydrogen-bond acceptors (Lipinski definition) is 5. The van der Waals surface area contributed by atoms with Gasteiger partial charge in [0.15, 0.2) is 0 Å². The lowest BCUT2D eigenvalue weighted by molar-refractivity contribution is 0.574. The standard InChI is InChI=1S/C12H20N6O2S/c1-13-7-8-18-10-11(9-16-18)21(19,20)17-4-2-3-12-14-5-6-15-12/h5-6,9-10,13,17H,2-4,7-8H2,1H3,(H,14,15). The van der Waals surface area contributed by atoms with Gasteiger partial charge in [-0.25, -0.2) is 18.1 Å². The molecular formula is C12H20N6O2S. The second kappa shape index (κ2) is 7.34. The molecule has 0 fully saturated rings. The third kappa shape index (κ3) is 4.66. The Balaban J connectivity index is 1.82. The van der Waals surface area contributed by atoms with Crippen LogP contribution >= 0.6 is 0 Å². The average molecular weight is 312 g/mol. The Morgan fingerprint density at radius 3 is 2.95 bits per heavy atom. The summed E-state index contributed by atoms with van der Waals surface area (Å²) in [5, 5.41) is 7.02. The van der Waals surface area contributed by atoms with Crippen molar-refractivity contribution in [1.82, 2.24) is 29.8 Å². The first-order valence-corrected chi connectivity index (χ1v) is 8.25. The maximum Gasteiger partial charge on any atom is 0.243 e. The number of likely N-dealkylation sites (N-methyl/N-ethyl adjacent to an activating group) is 1. The SMILES string of the molecule is CNCCn1cc(S(=O)(=O)NCCCc2ncc[nH]2)cn1. The molecule has 9 heteroatoms.